The average Bonchev–Trinajstić information content (AvgIpc) is 3.87. The van der Waals surface area contributed by atoms with Gasteiger partial charge in [0.1, 0.15) is 17.0 Å². The van der Waals surface area contributed by atoms with Crippen LogP contribution in [-0.4, -0.2) is 54.9 Å². The van der Waals surface area contributed by atoms with Gasteiger partial charge in [0.05, 0.1) is 16.9 Å². The largest absolute Gasteiger partial charge is 0.490 e. The minimum atomic E-state index is -6.75. The van der Waals surface area contributed by atoms with Gasteiger partial charge >= 0.3 is 41.8 Å². The van der Waals surface area contributed by atoms with Crippen LogP contribution in [0.5, 0.6) is 0 Å². The lowest BCUT2D eigenvalue weighted by Crippen LogP contribution is -2.57. The molecule has 2 aromatic carbocycles. The number of fused-ring (bicyclic) bond motifs is 1. The van der Waals surface area contributed by atoms with E-state index in [9.17, 15) is 67.5 Å². The molecule has 0 saturated heterocycles. The first-order valence-corrected chi connectivity index (χ1v) is 15.5. The number of alkyl halides is 10. The van der Waals surface area contributed by atoms with Crippen LogP contribution in [0, 0.1) is 16.3 Å². The van der Waals surface area contributed by atoms with E-state index in [-0.39, 0.29) is 33.7 Å². The number of carboxylic acid groups (broad SMARTS) is 1. The normalized spacial score (nSPS) is 13.7. The van der Waals surface area contributed by atoms with E-state index in [1.165, 1.54) is 37.5 Å². The summed E-state index contributed by atoms with van der Waals surface area (Å²) in [5.74, 6) is -19.6. The minimum Gasteiger partial charge on any atom is -0.475 e. The molecule has 1 aliphatic rings. The summed E-state index contributed by atoms with van der Waals surface area (Å²) in [5.41, 5.74) is -4.16. The number of amides is 1. The lowest BCUT2D eigenvalue weighted by atomic mass is 10.1. The fourth-order valence-electron chi connectivity index (χ4n) is 4.83. The van der Waals surface area contributed by atoms with E-state index in [2.05, 4.69) is 5.32 Å². The van der Waals surface area contributed by atoms with E-state index >= 15 is 0 Å². The van der Waals surface area contributed by atoms with Crippen molar-refractivity contribution in [3.05, 3.63) is 88.6 Å². The van der Waals surface area contributed by atoms with Gasteiger partial charge < -0.3 is 15.7 Å². The van der Waals surface area contributed by atoms with Crippen LogP contribution in [0.15, 0.2) is 56.8 Å². The van der Waals surface area contributed by atoms with Gasteiger partial charge in [-0.15, -0.1) is 0 Å². The molecule has 1 fully saturated rings. The van der Waals surface area contributed by atoms with Crippen LogP contribution in [-0.2, 0) is 16.6 Å². The number of anilines is 3. The Morgan fingerprint density at radius 2 is 1.49 bits per heavy atom. The average molecular weight is 883 g/mol. The first-order valence-electron chi connectivity index (χ1n) is 14.4. The molecule has 53 heavy (non-hydrogen) atoms. The molecule has 0 spiro atoms. The molecular formula is C30H21F11IN5O6. The van der Waals surface area contributed by atoms with Crippen LogP contribution in [0.2, 0.25) is 0 Å². The van der Waals surface area contributed by atoms with Gasteiger partial charge in [-0.3, -0.25) is 28.1 Å². The third-order valence-electron chi connectivity index (χ3n) is 7.58. The predicted octanol–water partition coefficient (Wildman–Crippen LogP) is 6.39. The molecule has 0 atom stereocenters. The summed E-state index contributed by atoms with van der Waals surface area (Å²) >= 11 is 1.87. The third-order valence-corrected chi connectivity index (χ3v) is 8.25. The van der Waals surface area contributed by atoms with E-state index < -0.39 is 70.4 Å². The van der Waals surface area contributed by atoms with Crippen molar-refractivity contribution in [3.8, 4) is 5.69 Å². The highest BCUT2D eigenvalue weighted by atomic mass is 127. The number of carbonyl (C=O) groups excluding carboxylic acids is 1. The van der Waals surface area contributed by atoms with Crippen molar-refractivity contribution in [2.24, 2.45) is 7.05 Å². The highest BCUT2D eigenvalue weighted by Crippen LogP contribution is 2.47. The maximum absolute atomic E-state index is 14.9. The number of benzene rings is 2. The number of nitrogens with zero attached hydrogens (tertiary/aromatic N) is 3. The van der Waals surface area contributed by atoms with Gasteiger partial charge in [0, 0.05) is 27.9 Å². The standard InChI is InChI=1S/C28H20F8IN5O4.C2HF3O2/c1-12-20-19(21(40(2)22(12)43)39-18-9-6-13(37)10-17(18)29)23(44)42(15-7-8-15)25(46)41(20)16-5-3-4-14(11-16)38-24(45)26(30,31)27(32,33)28(34,35)36;3-2(4,5)1(6)7/h3-6,9-11,15,39H,7-8H2,1-2H3,(H,38,45);(H,6,7). The minimum absolute atomic E-state index is 0.128. The monoisotopic (exact) mass is 883 g/mol. The molecule has 2 aromatic heterocycles. The van der Waals surface area contributed by atoms with Crippen LogP contribution in [0.4, 0.5) is 65.5 Å². The molecule has 0 radical (unpaired) electrons. The number of hydrogen-bond donors (Lipinski definition) is 3. The van der Waals surface area contributed by atoms with Gasteiger partial charge in [-0.1, -0.05) is 6.07 Å². The quantitative estimate of drug-likeness (QED) is 0.144. The molecule has 286 valence electrons. The van der Waals surface area contributed by atoms with Gasteiger partial charge in [0.2, 0.25) is 0 Å². The van der Waals surface area contributed by atoms with Crippen molar-refractivity contribution in [1.29, 1.82) is 0 Å². The molecule has 1 aliphatic carbocycles. The lowest BCUT2D eigenvalue weighted by molar-refractivity contribution is -0.343. The Bertz CT molecular complexity index is 2310. The van der Waals surface area contributed by atoms with Gasteiger partial charge in [-0.05, 0) is 78.8 Å². The number of carboxylic acids is 1. The molecule has 1 saturated carbocycles. The molecule has 0 bridgehead atoms. The first-order chi connectivity index (χ1) is 24.2. The number of hydrogen-bond acceptors (Lipinski definition) is 6. The maximum atomic E-state index is 14.9. The number of aliphatic carboxylic acids is 1. The van der Waals surface area contributed by atoms with E-state index in [4.69, 9.17) is 9.90 Å². The van der Waals surface area contributed by atoms with Crippen molar-refractivity contribution in [2.75, 3.05) is 10.6 Å². The predicted molar refractivity (Wildman–Crippen MR) is 173 cm³/mol. The van der Waals surface area contributed by atoms with Crippen LogP contribution in [0.1, 0.15) is 24.4 Å². The van der Waals surface area contributed by atoms with Crippen molar-refractivity contribution in [2.45, 2.75) is 50.0 Å². The summed E-state index contributed by atoms with van der Waals surface area (Å²) in [5, 5.41) is 10.9. The molecular weight excluding hydrogens is 862 g/mol. The second-order valence-corrected chi connectivity index (χ2v) is 12.5. The number of nitrogens with one attached hydrogen (secondary N) is 2. The molecule has 5 rings (SSSR count). The molecule has 0 aliphatic heterocycles. The zero-order valence-corrected chi connectivity index (χ0v) is 28.6. The summed E-state index contributed by atoms with van der Waals surface area (Å²) < 4.78 is 143. The van der Waals surface area contributed by atoms with Crippen molar-refractivity contribution in [1.82, 2.24) is 13.7 Å². The third kappa shape index (κ3) is 7.74. The topological polar surface area (TPSA) is 144 Å². The van der Waals surface area contributed by atoms with Crippen LogP contribution < -0.4 is 27.4 Å². The Kier molecular flexibility index (Phi) is 10.9. The van der Waals surface area contributed by atoms with Gasteiger partial charge in [-0.25, -0.2) is 14.0 Å². The zero-order valence-electron chi connectivity index (χ0n) is 26.4. The second kappa shape index (κ2) is 14.1. The van der Waals surface area contributed by atoms with Crippen LogP contribution >= 0.6 is 22.6 Å². The van der Waals surface area contributed by atoms with E-state index in [1.807, 2.05) is 22.6 Å². The molecule has 0 unspecified atom stereocenters. The van der Waals surface area contributed by atoms with Crippen molar-refractivity contribution >= 4 is 62.6 Å². The Labute approximate surface area is 300 Å². The second-order valence-electron chi connectivity index (χ2n) is 11.3. The number of rotatable bonds is 7. The first kappa shape index (κ1) is 40.8. The Balaban J connectivity index is 0.000000815. The number of halogens is 12. The lowest BCUT2D eigenvalue weighted by Gasteiger charge is -2.27. The van der Waals surface area contributed by atoms with Gasteiger partial charge in [0.15, 0.2) is 0 Å². The molecule has 11 nitrogen and oxygen atoms in total. The Morgan fingerprint density at radius 3 is 2.00 bits per heavy atom. The smallest absolute Gasteiger partial charge is 0.475 e. The highest BCUT2D eigenvalue weighted by Gasteiger charge is 2.76. The Hall–Kier alpha value is -4.97. The highest BCUT2D eigenvalue weighted by molar-refractivity contribution is 14.1. The molecule has 2 heterocycles. The van der Waals surface area contributed by atoms with E-state index in [0.29, 0.717) is 16.4 Å². The summed E-state index contributed by atoms with van der Waals surface area (Å²) in [6, 6.07) is 7.44. The maximum Gasteiger partial charge on any atom is 0.490 e. The number of aryl methyl sites for hydroxylation is 1. The summed E-state index contributed by atoms with van der Waals surface area (Å²) in [6.45, 7) is 1.28. The molecule has 4 aromatic rings. The van der Waals surface area contributed by atoms with E-state index in [1.54, 1.807) is 6.07 Å². The summed E-state index contributed by atoms with van der Waals surface area (Å²) in [4.78, 5) is 62.0. The van der Waals surface area contributed by atoms with E-state index in [0.717, 1.165) is 31.9 Å². The fourth-order valence-corrected chi connectivity index (χ4v) is 5.28. The SMILES string of the molecule is Cc1c(=O)n(C)c(Nc2ccc(I)cc2F)c2c(=O)n(C3CC3)c(=O)n(-c3cccc(NC(=O)C(F)(F)C(F)(F)C(F)(F)F)c3)c12.O=C(O)C(F)(F)F. The number of carbonyl (C=O) groups is 2. The number of aromatic nitrogens is 3. The van der Waals surface area contributed by atoms with Crippen LogP contribution in [0.25, 0.3) is 16.6 Å². The van der Waals surface area contributed by atoms with Gasteiger partial charge in [-0.2, -0.15) is 43.9 Å². The molecule has 23 heteroatoms. The van der Waals surface area contributed by atoms with Crippen molar-refractivity contribution in [3.63, 3.8) is 0 Å². The summed E-state index contributed by atoms with van der Waals surface area (Å²) in [7, 11) is 1.30. The molecule has 3 N–H and O–H groups in total. The van der Waals surface area contributed by atoms with Crippen molar-refractivity contribution < 1.29 is 63.0 Å². The Morgan fingerprint density at radius 1 is 0.906 bits per heavy atom. The molecule has 1 amide bonds. The van der Waals surface area contributed by atoms with Gasteiger partial charge in [0.25, 0.3) is 11.1 Å². The summed E-state index contributed by atoms with van der Waals surface area (Å²) in [6.07, 6.45) is -11.0. The van der Waals surface area contributed by atoms with Crippen LogP contribution in [0.3, 0.4) is 0 Å². The fraction of sp³-hybridized carbons (Fsp3) is 0.300. The number of pyridine rings is 1. The zero-order chi connectivity index (χ0) is 40.2.